The molecular formula is C12H20O4. The van der Waals surface area contributed by atoms with Gasteiger partial charge in [0.2, 0.25) is 0 Å². The number of hydrogen-bond donors (Lipinski definition) is 0. The topological polar surface area (TPSA) is 52.6 Å². The van der Waals surface area contributed by atoms with Gasteiger partial charge in [-0.3, -0.25) is 9.59 Å². The van der Waals surface area contributed by atoms with Gasteiger partial charge in [-0.15, -0.1) is 0 Å². The fourth-order valence-electron chi connectivity index (χ4n) is 0.872. The molecule has 0 radical (unpaired) electrons. The molecule has 0 saturated carbocycles. The number of esters is 2. The Hall–Kier alpha value is -1.32. The lowest BCUT2D eigenvalue weighted by Crippen LogP contribution is -2.29. The van der Waals surface area contributed by atoms with E-state index in [2.05, 4.69) is 6.58 Å². The van der Waals surface area contributed by atoms with Crippen molar-refractivity contribution < 1.29 is 19.1 Å². The van der Waals surface area contributed by atoms with Crippen LogP contribution in [0.1, 0.15) is 34.1 Å². The minimum atomic E-state index is -0.620. The fourth-order valence-corrected chi connectivity index (χ4v) is 0.872. The first kappa shape index (κ1) is 14.7. The van der Waals surface area contributed by atoms with E-state index in [4.69, 9.17) is 9.47 Å². The first-order chi connectivity index (χ1) is 7.31. The number of hydrogen-bond acceptors (Lipinski definition) is 4. The van der Waals surface area contributed by atoms with E-state index in [1.54, 1.807) is 27.7 Å². The molecule has 1 atom stereocenters. The third-order valence-corrected chi connectivity index (χ3v) is 1.81. The molecule has 0 spiro atoms. The summed E-state index contributed by atoms with van der Waals surface area (Å²) >= 11 is 0. The van der Waals surface area contributed by atoms with Crippen LogP contribution in [0.5, 0.6) is 0 Å². The molecule has 16 heavy (non-hydrogen) atoms. The summed E-state index contributed by atoms with van der Waals surface area (Å²) in [5, 5.41) is 0. The second-order valence-electron chi connectivity index (χ2n) is 4.44. The van der Waals surface area contributed by atoms with E-state index in [1.165, 1.54) is 6.08 Å². The summed E-state index contributed by atoms with van der Waals surface area (Å²) in [5.41, 5.74) is -0.587. The van der Waals surface area contributed by atoms with Crippen LogP contribution in [0, 0.1) is 5.41 Å². The van der Waals surface area contributed by atoms with E-state index in [0.717, 1.165) is 0 Å². The van der Waals surface area contributed by atoms with Crippen LogP contribution >= 0.6 is 0 Å². The van der Waals surface area contributed by atoms with Crippen molar-refractivity contribution in [3.8, 4) is 0 Å². The monoisotopic (exact) mass is 228 g/mol. The summed E-state index contributed by atoms with van der Waals surface area (Å²) in [6.45, 7) is 10.8. The molecule has 4 nitrogen and oxygen atoms in total. The summed E-state index contributed by atoms with van der Waals surface area (Å²) < 4.78 is 9.89. The minimum Gasteiger partial charge on any atom is -0.466 e. The average Bonchev–Trinajstić information content (AvgIpc) is 2.15. The molecule has 0 aromatic carbocycles. The molecule has 0 aromatic rings. The molecular weight excluding hydrogens is 208 g/mol. The molecule has 0 N–H and O–H groups in total. The van der Waals surface area contributed by atoms with Crippen LogP contribution in [0.15, 0.2) is 12.7 Å². The number of rotatable bonds is 5. The Morgan fingerprint density at radius 2 is 1.94 bits per heavy atom. The van der Waals surface area contributed by atoms with Crippen molar-refractivity contribution >= 4 is 11.9 Å². The Labute approximate surface area is 96.6 Å². The molecule has 0 aromatic heterocycles. The Bertz CT molecular complexity index is 263. The van der Waals surface area contributed by atoms with Gasteiger partial charge in [-0.2, -0.15) is 0 Å². The van der Waals surface area contributed by atoms with Crippen LogP contribution in [0.2, 0.25) is 0 Å². The number of ether oxygens (including phenoxy) is 2. The minimum absolute atomic E-state index is 0.0131. The quantitative estimate of drug-likeness (QED) is 0.534. The standard InChI is InChI=1S/C12H20O4/c1-6-9(8-10(13)15-7-2)16-11(14)12(3,4)5/h6,9H,1,7-8H2,2-5H3. The zero-order valence-electron chi connectivity index (χ0n) is 10.4. The Balaban J connectivity index is 4.26. The molecule has 1 unspecified atom stereocenters. The summed E-state index contributed by atoms with van der Waals surface area (Å²) in [7, 11) is 0. The van der Waals surface area contributed by atoms with Gasteiger partial charge in [0.1, 0.15) is 6.10 Å². The van der Waals surface area contributed by atoms with Gasteiger partial charge >= 0.3 is 11.9 Å². The van der Waals surface area contributed by atoms with Crippen molar-refractivity contribution in [3.63, 3.8) is 0 Å². The van der Waals surface area contributed by atoms with Crippen molar-refractivity contribution in [1.82, 2.24) is 0 Å². The van der Waals surface area contributed by atoms with Crippen LogP contribution < -0.4 is 0 Å². The molecule has 0 heterocycles. The molecule has 0 bridgehead atoms. The van der Waals surface area contributed by atoms with Gasteiger partial charge in [-0.05, 0) is 27.7 Å². The SMILES string of the molecule is C=CC(CC(=O)OCC)OC(=O)C(C)(C)C. The number of carbonyl (C=O) groups excluding carboxylic acids is 2. The zero-order chi connectivity index (χ0) is 12.8. The lowest BCUT2D eigenvalue weighted by molar-refractivity contribution is -0.159. The molecule has 0 rings (SSSR count). The molecule has 0 aliphatic carbocycles. The third kappa shape index (κ3) is 5.53. The van der Waals surface area contributed by atoms with Gasteiger partial charge in [-0.25, -0.2) is 0 Å². The maximum Gasteiger partial charge on any atom is 0.311 e. The summed E-state index contributed by atoms with van der Waals surface area (Å²) in [4.78, 5) is 22.7. The highest BCUT2D eigenvalue weighted by atomic mass is 16.6. The first-order valence-corrected chi connectivity index (χ1v) is 5.30. The number of carbonyl (C=O) groups is 2. The molecule has 0 aliphatic rings. The largest absolute Gasteiger partial charge is 0.466 e. The zero-order valence-corrected chi connectivity index (χ0v) is 10.4. The van der Waals surface area contributed by atoms with Crippen LogP contribution in [0.25, 0.3) is 0 Å². The van der Waals surface area contributed by atoms with Crippen LogP contribution in [-0.2, 0) is 19.1 Å². The van der Waals surface area contributed by atoms with Gasteiger partial charge in [0.25, 0.3) is 0 Å². The Kier molecular flexibility index (Phi) is 5.78. The Morgan fingerprint density at radius 1 is 1.38 bits per heavy atom. The molecule has 0 fully saturated rings. The summed E-state index contributed by atoms with van der Waals surface area (Å²) in [6, 6.07) is 0. The lowest BCUT2D eigenvalue weighted by Gasteiger charge is -2.20. The van der Waals surface area contributed by atoms with Gasteiger partial charge in [0.05, 0.1) is 18.4 Å². The molecule has 92 valence electrons. The second kappa shape index (κ2) is 6.30. The van der Waals surface area contributed by atoms with E-state index >= 15 is 0 Å². The maximum absolute atomic E-state index is 11.6. The van der Waals surface area contributed by atoms with Crippen LogP contribution in [0.4, 0.5) is 0 Å². The Morgan fingerprint density at radius 3 is 2.31 bits per heavy atom. The van der Waals surface area contributed by atoms with Gasteiger partial charge in [0, 0.05) is 0 Å². The molecule has 0 amide bonds. The van der Waals surface area contributed by atoms with E-state index in [9.17, 15) is 9.59 Å². The predicted octanol–water partition coefficient (Wildman–Crippen LogP) is 2.08. The average molecular weight is 228 g/mol. The normalized spacial score (nSPS) is 12.8. The van der Waals surface area contributed by atoms with E-state index in [-0.39, 0.29) is 12.4 Å². The van der Waals surface area contributed by atoms with Crippen molar-refractivity contribution in [1.29, 1.82) is 0 Å². The van der Waals surface area contributed by atoms with Gasteiger partial charge < -0.3 is 9.47 Å². The highest BCUT2D eigenvalue weighted by molar-refractivity contribution is 5.76. The third-order valence-electron chi connectivity index (χ3n) is 1.81. The van der Waals surface area contributed by atoms with Gasteiger partial charge in [0.15, 0.2) is 0 Å². The van der Waals surface area contributed by atoms with Crippen molar-refractivity contribution in [3.05, 3.63) is 12.7 Å². The first-order valence-electron chi connectivity index (χ1n) is 5.30. The fraction of sp³-hybridized carbons (Fsp3) is 0.667. The van der Waals surface area contributed by atoms with Crippen molar-refractivity contribution in [2.45, 2.75) is 40.2 Å². The highest BCUT2D eigenvalue weighted by Crippen LogP contribution is 2.17. The maximum atomic E-state index is 11.6. The smallest absolute Gasteiger partial charge is 0.311 e. The molecule has 0 saturated heterocycles. The van der Waals surface area contributed by atoms with E-state index in [0.29, 0.717) is 6.61 Å². The summed E-state index contributed by atoms with van der Waals surface area (Å²) in [6.07, 6.45) is 0.825. The highest BCUT2D eigenvalue weighted by Gasteiger charge is 2.26. The van der Waals surface area contributed by atoms with Crippen molar-refractivity contribution in [2.24, 2.45) is 5.41 Å². The molecule has 4 heteroatoms. The lowest BCUT2D eigenvalue weighted by atomic mass is 9.97. The van der Waals surface area contributed by atoms with Crippen LogP contribution in [0.3, 0.4) is 0 Å². The van der Waals surface area contributed by atoms with E-state index < -0.39 is 17.5 Å². The second-order valence-corrected chi connectivity index (χ2v) is 4.44. The van der Waals surface area contributed by atoms with E-state index in [1.807, 2.05) is 0 Å². The predicted molar refractivity (Wildman–Crippen MR) is 60.8 cm³/mol. The van der Waals surface area contributed by atoms with Crippen LogP contribution in [-0.4, -0.2) is 24.6 Å². The molecule has 0 aliphatic heterocycles. The van der Waals surface area contributed by atoms with Gasteiger partial charge in [-0.1, -0.05) is 12.7 Å². The summed E-state index contributed by atoms with van der Waals surface area (Å²) in [5.74, 6) is -0.754. The van der Waals surface area contributed by atoms with Crippen molar-refractivity contribution in [2.75, 3.05) is 6.61 Å².